The van der Waals surface area contributed by atoms with Gasteiger partial charge in [-0.25, -0.2) is 14.8 Å². The van der Waals surface area contributed by atoms with E-state index in [0.717, 1.165) is 5.69 Å². The molecule has 0 radical (unpaired) electrons. The molecular weight excluding hydrogens is 466 g/mol. The summed E-state index contributed by atoms with van der Waals surface area (Å²) in [6, 6.07) is 9.29. The minimum atomic E-state index is -0.967. The lowest BCUT2D eigenvalue weighted by Gasteiger charge is -2.17. The number of pyridine rings is 1. The van der Waals surface area contributed by atoms with E-state index in [1.807, 2.05) is 0 Å². The summed E-state index contributed by atoms with van der Waals surface area (Å²) in [5, 5.41) is 5.85. The van der Waals surface area contributed by atoms with E-state index in [-0.39, 0.29) is 37.8 Å². The molecule has 0 bridgehead atoms. The molecule has 0 unspecified atom stereocenters. The SMILES string of the molecule is CCOC(=O)CC[C@H](NC(=O)c1ccc(NCc2ccc3nc(N)nc(N)c3n2)cc1)C(=O)OCC. The zero-order valence-corrected chi connectivity index (χ0v) is 20.1. The molecule has 0 aliphatic carbocycles. The Bertz CT molecular complexity index is 1230. The zero-order chi connectivity index (χ0) is 26.1. The average molecular weight is 496 g/mol. The standard InChI is InChI=1S/C24H29N7O5/c1-3-35-19(32)12-11-18(23(34)36-4-2)29-22(33)14-5-7-15(8-6-14)27-13-16-9-10-17-20(28-16)21(25)31-24(26)30-17/h5-10,18,27H,3-4,11-13H2,1-2H3,(H,29,33)(H4,25,26,30,31)/t18-/m0/s1. The van der Waals surface area contributed by atoms with Crippen molar-refractivity contribution < 1.29 is 23.9 Å². The summed E-state index contributed by atoms with van der Waals surface area (Å²) < 4.78 is 9.91. The van der Waals surface area contributed by atoms with Crippen LogP contribution in [0.15, 0.2) is 36.4 Å². The Morgan fingerprint density at radius 2 is 1.67 bits per heavy atom. The van der Waals surface area contributed by atoms with E-state index in [9.17, 15) is 14.4 Å². The minimum absolute atomic E-state index is 0.0194. The lowest BCUT2D eigenvalue weighted by atomic mass is 10.1. The number of rotatable bonds is 11. The summed E-state index contributed by atoms with van der Waals surface area (Å²) >= 11 is 0. The highest BCUT2D eigenvalue weighted by molar-refractivity contribution is 5.97. The smallest absolute Gasteiger partial charge is 0.328 e. The maximum Gasteiger partial charge on any atom is 0.328 e. The van der Waals surface area contributed by atoms with Gasteiger partial charge in [-0.05, 0) is 56.7 Å². The van der Waals surface area contributed by atoms with Crippen molar-refractivity contribution in [3.63, 3.8) is 0 Å². The first-order valence-electron chi connectivity index (χ1n) is 11.5. The largest absolute Gasteiger partial charge is 0.466 e. The van der Waals surface area contributed by atoms with Crippen LogP contribution in [0.1, 0.15) is 42.7 Å². The Kier molecular flexibility index (Phi) is 8.92. The second-order valence-corrected chi connectivity index (χ2v) is 7.69. The molecule has 1 amide bonds. The molecule has 1 aromatic carbocycles. The quantitative estimate of drug-likeness (QED) is 0.284. The van der Waals surface area contributed by atoms with Gasteiger partial charge in [0.25, 0.3) is 5.91 Å². The molecule has 3 rings (SSSR count). The lowest BCUT2D eigenvalue weighted by Crippen LogP contribution is -2.42. The van der Waals surface area contributed by atoms with Crippen LogP contribution >= 0.6 is 0 Å². The van der Waals surface area contributed by atoms with Gasteiger partial charge in [-0.1, -0.05) is 0 Å². The molecule has 0 aliphatic rings. The number of anilines is 3. The fourth-order valence-corrected chi connectivity index (χ4v) is 3.35. The van der Waals surface area contributed by atoms with Gasteiger partial charge in [0.15, 0.2) is 5.82 Å². The number of carbonyl (C=O) groups excluding carboxylic acids is 3. The lowest BCUT2D eigenvalue weighted by molar-refractivity contribution is -0.146. The fraction of sp³-hybridized carbons (Fsp3) is 0.333. The van der Waals surface area contributed by atoms with E-state index in [0.29, 0.717) is 28.8 Å². The predicted octanol–water partition coefficient (Wildman–Crippen LogP) is 1.81. The van der Waals surface area contributed by atoms with Gasteiger partial charge in [-0.15, -0.1) is 0 Å². The molecule has 2 heterocycles. The number of fused-ring (bicyclic) bond motifs is 1. The third-order valence-electron chi connectivity index (χ3n) is 5.08. The van der Waals surface area contributed by atoms with Crippen LogP contribution < -0.4 is 22.1 Å². The van der Waals surface area contributed by atoms with Gasteiger partial charge >= 0.3 is 11.9 Å². The topological polar surface area (TPSA) is 184 Å². The summed E-state index contributed by atoms with van der Waals surface area (Å²) in [5.74, 6) is -1.22. The van der Waals surface area contributed by atoms with Gasteiger partial charge in [0.2, 0.25) is 5.95 Å². The Morgan fingerprint density at radius 1 is 0.944 bits per heavy atom. The molecule has 36 heavy (non-hydrogen) atoms. The normalized spacial score (nSPS) is 11.5. The number of nitrogen functional groups attached to an aromatic ring is 2. The molecule has 0 saturated heterocycles. The first kappa shape index (κ1) is 26.1. The summed E-state index contributed by atoms with van der Waals surface area (Å²) in [6.07, 6.45) is 0.0539. The Balaban J connectivity index is 1.61. The van der Waals surface area contributed by atoms with Crippen molar-refractivity contribution in [3.05, 3.63) is 47.7 Å². The van der Waals surface area contributed by atoms with Crippen molar-refractivity contribution in [2.45, 2.75) is 39.3 Å². The van der Waals surface area contributed by atoms with Crippen LogP contribution in [-0.4, -0.2) is 52.1 Å². The second kappa shape index (κ2) is 12.3. The van der Waals surface area contributed by atoms with Crippen molar-refractivity contribution in [1.82, 2.24) is 20.3 Å². The summed E-state index contributed by atoms with van der Waals surface area (Å²) in [5.41, 5.74) is 14.3. The minimum Gasteiger partial charge on any atom is -0.466 e. The van der Waals surface area contributed by atoms with E-state index >= 15 is 0 Å². The number of hydrogen-bond acceptors (Lipinski definition) is 11. The van der Waals surface area contributed by atoms with Gasteiger partial charge in [0, 0.05) is 17.7 Å². The third-order valence-corrected chi connectivity index (χ3v) is 5.08. The molecule has 1 atom stereocenters. The van der Waals surface area contributed by atoms with Gasteiger partial charge in [-0.3, -0.25) is 9.59 Å². The molecule has 190 valence electrons. The Morgan fingerprint density at radius 3 is 2.36 bits per heavy atom. The molecule has 6 N–H and O–H groups in total. The van der Waals surface area contributed by atoms with Crippen molar-refractivity contribution in [2.24, 2.45) is 0 Å². The number of amides is 1. The van der Waals surface area contributed by atoms with Crippen LogP contribution in [0, 0.1) is 0 Å². The highest BCUT2D eigenvalue weighted by Gasteiger charge is 2.24. The van der Waals surface area contributed by atoms with E-state index < -0.39 is 23.9 Å². The molecular formula is C24H29N7O5. The van der Waals surface area contributed by atoms with E-state index in [2.05, 4.69) is 25.6 Å². The highest BCUT2D eigenvalue weighted by atomic mass is 16.5. The number of benzene rings is 1. The van der Waals surface area contributed by atoms with E-state index in [1.165, 1.54) is 0 Å². The van der Waals surface area contributed by atoms with Crippen LogP contribution in [0.4, 0.5) is 17.5 Å². The van der Waals surface area contributed by atoms with Gasteiger partial charge in [0.1, 0.15) is 11.6 Å². The molecule has 3 aromatic rings. The highest BCUT2D eigenvalue weighted by Crippen LogP contribution is 2.18. The number of nitrogens with two attached hydrogens (primary N) is 2. The monoisotopic (exact) mass is 495 g/mol. The van der Waals surface area contributed by atoms with Crippen LogP contribution in [0.2, 0.25) is 0 Å². The molecule has 0 aliphatic heterocycles. The van der Waals surface area contributed by atoms with Crippen LogP contribution in [-0.2, 0) is 25.6 Å². The van der Waals surface area contributed by atoms with Crippen LogP contribution in [0.3, 0.4) is 0 Å². The molecule has 0 saturated carbocycles. The van der Waals surface area contributed by atoms with Gasteiger partial charge in [0.05, 0.1) is 31.0 Å². The van der Waals surface area contributed by atoms with Crippen molar-refractivity contribution >= 4 is 46.3 Å². The van der Waals surface area contributed by atoms with E-state index in [4.69, 9.17) is 20.9 Å². The fourth-order valence-electron chi connectivity index (χ4n) is 3.35. The van der Waals surface area contributed by atoms with Gasteiger partial charge in [-0.2, -0.15) is 4.98 Å². The predicted molar refractivity (Wildman–Crippen MR) is 134 cm³/mol. The average Bonchev–Trinajstić information content (AvgIpc) is 2.85. The third kappa shape index (κ3) is 7.01. The number of aromatic nitrogens is 3. The number of nitrogens with one attached hydrogen (secondary N) is 2. The number of nitrogens with zero attached hydrogens (tertiary/aromatic N) is 3. The maximum absolute atomic E-state index is 12.7. The van der Waals surface area contributed by atoms with Crippen LogP contribution in [0.5, 0.6) is 0 Å². The number of carbonyl (C=O) groups is 3. The summed E-state index contributed by atoms with van der Waals surface area (Å²) in [7, 11) is 0. The number of hydrogen-bond donors (Lipinski definition) is 4. The Hall–Kier alpha value is -4.48. The summed E-state index contributed by atoms with van der Waals surface area (Å²) in [4.78, 5) is 49.1. The van der Waals surface area contributed by atoms with E-state index in [1.54, 1.807) is 50.2 Å². The van der Waals surface area contributed by atoms with Crippen LogP contribution in [0.25, 0.3) is 11.0 Å². The molecule has 0 fully saturated rings. The molecule has 0 spiro atoms. The molecule has 2 aromatic heterocycles. The van der Waals surface area contributed by atoms with Crippen molar-refractivity contribution in [1.29, 1.82) is 0 Å². The van der Waals surface area contributed by atoms with Crippen molar-refractivity contribution in [2.75, 3.05) is 30.0 Å². The second-order valence-electron chi connectivity index (χ2n) is 7.69. The molecule has 12 heteroatoms. The molecule has 12 nitrogen and oxygen atoms in total. The first-order chi connectivity index (χ1) is 17.3. The zero-order valence-electron chi connectivity index (χ0n) is 20.1. The first-order valence-corrected chi connectivity index (χ1v) is 11.5. The number of ether oxygens (including phenoxy) is 2. The Labute approximate surface area is 207 Å². The number of esters is 2. The maximum atomic E-state index is 12.7. The van der Waals surface area contributed by atoms with Crippen molar-refractivity contribution in [3.8, 4) is 0 Å². The summed E-state index contributed by atoms with van der Waals surface area (Å²) in [6.45, 7) is 4.15. The van der Waals surface area contributed by atoms with Gasteiger partial charge < -0.3 is 31.6 Å².